The lowest BCUT2D eigenvalue weighted by Gasteiger charge is -2.32. The van der Waals surface area contributed by atoms with E-state index in [0.29, 0.717) is 39.1 Å². The molecule has 2 amide bonds. The first-order valence-electron chi connectivity index (χ1n) is 11.1. The molecule has 0 saturated carbocycles. The number of nitrogens with one attached hydrogen (secondary N) is 2. The van der Waals surface area contributed by atoms with Crippen LogP contribution in [0.15, 0.2) is 54.7 Å². The summed E-state index contributed by atoms with van der Waals surface area (Å²) < 4.78 is 18.9. The zero-order valence-electron chi connectivity index (χ0n) is 18.0. The highest BCUT2D eigenvalue weighted by Crippen LogP contribution is 2.20. The molecule has 1 unspecified atom stereocenters. The number of nitrogens with zero attached hydrogens (tertiary/aromatic N) is 1. The van der Waals surface area contributed by atoms with Gasteiger partial charge in [-0.3, -0.25) is 9.59 Å². The summed E-state index contributed by atoms with van der Waals surface area (Å²) in [5, 5.41) is 3.97. The Balaban J connectivity index is 1.21. The number of H-pyrrole nitrogens is 1. The van der Waals surface area contributed by atoms with Crippen molar-refractivity contribution in [3.8, 4) is 5.75 Å². The molecule has 2 heterocycles. The third-order valence-corrected chi connectivity index (χ3v) is 5.90. The Morgan fingerprint density at radius 1 is 1.19 bits per heavy atom. The van der Waals surface area contributed by atoms with Gasteiger partial charge in [0.1, 0.15) is 11.6 Å². The van der Waals surface area contributed by atoms with E-state index in [4.69, 9.17) is 4.74 Å². The van der Waals surface area contributed by atoms with Gasteiger partial charge in [-0.25, -0.2) is 4.39 Å². The summed E-state index contributed by atoms with van der Waals surface area (Å²) in [4.78, 5) is 30.1. The fraction of sp³-hybridized carbons (Fsp3) is 0.360. The number of likely N-dealkylation sites (tertiary alicyclic amines) is 1. The summed E-state index contributed by atoms with van der Waals surface area (Å²) in [5.74, 6) is 0.275. The van der Waals surface area contributed by atoms with E-state index in [2.05, 4.69) is 10.3 Å². The van der Waals surface area contributed by atoms with Crippen LogP contribution in [0.3, 0.4) is 0 Å². The van der Waals surface area contributed by atoms with Crippen molar-refractivity contribution in [1.82, 2.24) is 15.2 Å². The van der Waals surface area contributed by atoms with E-state index in [-0.39, 0.29) is 23.5 Å². The van der Waals surface area contributed by atoms with Gasteiger partial charge in [-0.1, -0.05) is 18.2 Å². The Hall–Kier alpha value is -3.35. The Morgan fingerprint density at radius 3 is 2.88 bits per heavy atom. The second kappa shape index (κ2) is 10.3. The van der Waals surface area contributed by atoms with Crippen molar-refractivity contribution in [3.63, 3.8) is 0 Å². The molecule has 1 aliphatic heterocycles. The number of aromatic nitrogens is 1. The molecule has 32 heavy (non-hydrogen) atoms. The molecule has 1 aliphatic rings. The number of piperidine rings is 1. The lowest BCUT2D eigenvalue weighted by Crippen LogP contribution is -2.46. The molecule has 1 saturated heterocycles. The zero-order chi connectivity index (χ0) is 22.3. The van der Waals surface area contributed by atoms with Crippen molar-refractivity contribution >= 4 is 22.7 Å². The monoisotopic (exact) mass is 437 g/mol. The van der Waals surface area contributed by atoms with Gasteiger partial charge in [0.2, 0.25) is 11.8 Å². The van der Waals surface area contributed by atoms with Crippen molar-refractivity contribution in [2.45, 2.75) is 25.7 Å². The van der Waals surface area contributed by atoms with Crippen LogP contribution in [0.5, 0.6) is 5.75 Å². The van der Waals surface area contributed by atoms with E-state index >= 15 is 0 Å². The molecule has 4 rings (SSSR count). The molecule has 2 N–H and O–H groups in total. The summed E-state index contributed by atoms with van der Waals surface area (Å²) >= 11 is 0. The SMILES string of the molecule is O=C(NCCc1c[nH]c2cc(F)ccc12)C1CCCN(C(=O)CCOc2ccccc2)C1. The normalized spacial score (nSPS) is 16.2. The number of fused-ring (bicyclic) bond motifs is 1. The van der Waals surface area contributed by atoms with Gasteiger partial charge >= 0.3 is 0 Å². The van der Waals surface area contributed by atoms with Crippen molar-refractivity contribution in [1.29, 1.82) is 0 Å². The van der Waals surface area contributed by atoms with Crippen molar-refractivity contribution in [3.05, 3.63) is 66.1 Å². The highest BCUT2D eigenvalue weighted by atomic mass is 19.1. The number of halogens is 1. The van der Waals surface area contributed by atoms with Crippen LogP contribution in [0.1, 0.15) is 24.8 Å². The first-order chi connectivity index (χ1) is 15.6. The highest BCUT2D eigenvalue weighted by molar-refractivity contribution is 5.84. The van der Waals surface area contributed by atoms with E-state index in [9.17, 15) is 14.0 Å². The average molecular weight is 438 g/mol. The van der Waals surface area contributed by atoms with E-state index in [1.807, 2.05) is 36.5 Å². The lowest BCUT2D eigenvalue weighted by atomic mass is 9.96. The maximum Gasteiger partial charge on any atom is 0.226 e. The van der Waals surface area contributed by atoms with Gasteiger partial charge in [-0.05, 0) is 55.2 Å². The summed E-state index contributed by atoms with van der Waals surface area (Å²) in [7, 11) is 0. The molecule has 0 radical (unpaired) electrons. The fourth-order valence-corrected chi connectivity index (χ4v) is 4.18. The van der Waals surface area contributed by atoms with E-state index < -0.39 is 0 Å². The lowest BCUT2D eigenvalue weighted by molar-refractivity contribution is -0.136. The smallest absolute Gasteiger partial charge is 0.226 e. The van der Waals surface area contributed by atoms with Gasteiger partial charge in [0.15, 0.2) is 0 Å². The minimum absolute atomic E-state index is 0.0180. The topological polar surface area (TPSA) is 74.4 Å². The summed E-state index contributed by atoms with van der Waals surface area (Å²) in [5.41, 5.74) is 1.79. The Labute approximate surface area is 186 Å². The molecule has 1 atom stereocenters. The fourth-order valence-electron chi connectivity index (χ4n) is 4.18. The van der Waals surface area contributed by atoms with Crippen molar-refractivity contribution < 1.29 is 18.7 Å². The van der Waals surface area contributed by atoms with Crippen molar-refractivity contribution in [2.24, 2.45) is 5.92 Å². The summed E-state index contributed by atoms with van der Waals surface area (Å²) in [6, 6.07) is 14.1. The number of hydrogen-bond acceptors (Lipinski definition) is 3. The van der Waals surface area contributed by atoms with Crippen LogP contribution in [-0.4, -0.2) is 47.9 Å². The molecule has 3 aromatic rings. The maximum absolute atomic E-state index is 13.3. The standard InChI is InChI=1S/C25H28FN3O3/c26-20-8-9-22-18(16-28-23(22)15-20)10-12-27-25(31)19-5-4-13-29(17-19)24(30)11-14-32-21-6-2-1-3-7-21/h1-3,6-9,15-16,19,28H,4-5,10-14,17H2,(H,27,31). The Morgan fingerprint density at radius 2 is 2.03 bits per heavy atom. The first kappa shape index (κ1) is 21.9. The number of rotatable bonds is 8. The number of carbonyl (C=O) groups excluding carboxylic acids is 2. The van der Waals surface area contributed by atoms with Gasteiger partial charge in [0.05, 0.1) is 18.9 Å². The average Bonchev–Trinajstić information content (AvgIpc) is 3.21. The molecule has 7 heteroatoms. The molecule has 2 aromatic carbocycles. The quantitative estimate of drug-likeness (QED) is 0.565. The van der Waals surface area contributed by atoms with Crippen molar-refractivity contribution in [2.75, 3.05) is 26.2 Å². The minimum atomic E-state index is -0.276. The minimum Gasteiger partial charge on any atom is -0.493 e. The van der Waals surface area contributed by atoms with Gasteiger partial charge in [-0.2, -0.15) is 0 Å². The Kier molecular flexibility index (Phi) is 7.04. The molecule has 1 aromatic heterocycles. The molecular weight excluding hydrogens is 409 g/mol. The highest BCUT2D eigenvalue weighted by Gasteiger charge is 2.28. The molecule has 1 fully saturated rings. The van der Waals surface area contributed by atoms with Crippen LogP contribution in [0.25, 0.3) is 10.9 Å². The number of ether oxygens (including phenoxy) is 1. The van der Waals surface area contributed by atoms with Crippen LogP contribution in [0, 0.1) is 11.7 Å². The molecule has 0 aliphatic carbocycles. The van der Waals surface area contributed by atoms with Gasteiger partial charge < -0.3 is 19.9 Å². The third kappa shape index (κ3) is 5.46. The van der Waals surface area contributed by atoms with Gasteiger partial charge in [0, 0.05) is 36.7 Å². The zero-order valence-corrected chi connectivity index (χ0v) is 18.0. The number of para-hydroxylation sites is 1. The summed E-state index contributed by atoms with van der Waals surface area (Å²) in [6.07, 6.45) is 4.41. The number of benzene rings is 2. The van der Waals surface area contributed by atoms with Gasteiger partial charge in [0.25, 0.3) is 0 Å². The predicted molar refractivity (Wildman–Crippen MR) is 121 cm³/mol. The molecule has 0 bridgehead atoms. The predicted octanol–water partition coefficient (Wildman–Crippen LogP) is 3.67. The first-order valence-corrected chi connectivity index (χ1v) is 11.1. The number of aromatic amines is 1. The third-order valence-electron chi connectivity index (χ3n) is 5.90. The summed E-state index contributed by atoms with van der Waals surface area (Å²) in [6.45, 7) is 1.95. The molecular formula is C25H28FN3O3. The van der Waals surface area contributed by atoms with E-state index in [1.165, 1.54) is 12.1 Å². The number of hydrogen-bond donors (Lipinski definition) is 2. The second-order valence-corrected chi connectivity index (χ2v) is 8.14. The number of amides is 2. The van der Waals surface area contributed by atoms with E-state index in [1.54, 1.807) is 11.0 Å². The molecule has 0 spiro atoms. The number of carbonyl (C=O) groups is 2. The van der Waals surface area contributed by atoms with Crippen LogP contribution >= 0.6 is 0 Å². The largest absolute Gasteiger partial charge is 0.493 e. The Bertz CT molecular complexity index is 1070. The molecule has 6 nitrogen and oxygen atoms in total. The van der Waals surface area contributed by atoms with E-state index in [0.717, 1.165) is 35.1 Å². The molecule has 168 valence electrons. The maximum atomic E-state index is 13.3. The van der Waals surface area contributed by atoms with Crippen LogP contribution in [-0.2, 0) is 16.0 Å². The van der Waals surface area contributed by atoms with Crippen LogP contribution < -0.4 is 10.1 Å². The van der Waals surface area contributed by atoms with Crippen LogP contribution in [0.4, 0.5) is 4.39 Å². The second-order valence-electron chi connectivity index (χ2n) is 8.14. The van der Waals surface area contributed by atoms with Crippen LogP contribution in [0.2, 0.25) is 0 Å². The van der Waals surface area contributed by atoms with Gasteiger partial charge in [-0.15, -0.1) is 0 Å².